The number of hydrogen-bond donors (Lipinski definition) is 1. The van der Waals surface area contributed by atoms with Crippen LogP contribution in [-0.2, 0) is 4.74 Å². The van der Waals surface area contributed by atoms with Crippen LogP contribution in [0.3, 0.4) is 0 Å². The maximum atomic E-state index is 14.3. The summed E-state index contributed by atoms with van der Waals surface area (Å²) in [6.07, 6.45) is 0.212. The third kappa shape index (κ3) is 4.90. The van der Waals surface area contributed by atoms with Crippen molar-refractivity contribution >= 4 is 12.0 Å². The minimum absolute atomic E-state index is 0.140. The number of halogens is 2. The standard InChI is InChI=1S/C25H24F2N4O5/c1-3-30-13-19(21(15-6-4-8-17(26)10-15)16-7-5-9-18(27)11-16)31-22(24(30)33)23(20(32)12-29-31)35-14-36-25(34)28-2/h4-12,19,21H,3,13-14H2,1-2H3,(H,28,34). The van der Waals surface area contributed by atoms with Crippen LogP contribution in [0, 0.1) is 11.6 Å². The van der Waals surface area contributed by atoms with Crippen LogP contribution in [0.2, 0.25) is 0 Å². The van der Waals surface area contributed by atoms with Crippen LogP contribution in [-0.4, -0.2) is 53.6 Å². The molecule has 3 aromatic rings. The van der Waals surface area contributed by atoms with E-state index in [9.17, 15) is 23.2 Å². The molecular weight excluding hydrogens is 474 g/mol. The summed E-state index contributed by atoms with van der Waals surface area (Å²) in [5, 5.41) is 6.47. The number of carbonyl (C=O) groups is 2. The molecule has 188 valence electrons. The topological polar surface area (TPSA) is 103 Å². The molecule has 1 unspecified atom stereocenters. The first kappa shape index (κ1) is 24.8. The fraction of sp³-hybridized carbons (Fsp3) is 0.280. The molecule has 1 atom stereocenters. The first-order valence-corrected chi connectivity index (χ1v) is 11.2. The number of hydrogen-bond acceptors (Lipinski definition) is 6. The summed E-state index contributed by atoms with van der Waals surface area (Å²) < 4.78 is 40.1. The van der Waals surface area contributed by atoms with E-state index in [4.69, 9.17) is 9.47 Å². The Labute approximate surface area is 205 Å². The minimum atomic E-state index is -0.783. The highest BCUT2D eigenvalue weighted by molar-refractivity contribution is 5.96. The molecule has 2 amide bonds. The molecule has 9 nitrogen and oxygen atoms in total. The Hall–Kier alpha value is -4.28. The number of rotatable bonds is 7. The number of amides is 2. The highest BCUT2D eigenvalue weighted by atomic mass is 19.1. The van der Waals surface area contributed by atoms with Crippen molar-refractivity contribution in [3.8, 4) is 5.75 Å². The van der Waals surface area contributed by atoms with Crippen LogP contribution in [0.1, 0.15) is 40.5 Å². The van der Waals surface area contributed by atoms with Gasteiger partial charge in [-0.2, -0.15) is 5.10 Å². The summed E-state index contributed by atoms with van der Waals surface area (Å²) >= 11 is 0. The zero-order valence-electron chi connectivity index (χ0n) is 19.6. The molecule has 2 aromatic carbocycles. The van der Waals surface area contributed by atoms with E-state index in [1.807, 2.05) is 0 Å². The highest BCUT2D eigenvalue weighted by Crippen LogP contribution is 2.39. The van der Waals surface area contributed by atoms with Crippen molar-refractivity contribution in [3.63, 3.8) is 0 Å². The van der Waals surface area contributed by atoms with Gasteiger partial charge in [0.05, 0.1) is 12.2 Å². The van der Waals surface area contributed by atoms with Crippen LogP contribution in [0.4, 0.5) is 13.6 Å². The molecule has 1 N–H and O–H groups in total. The van der Waals surface area contributed by atoms with Crippen LogP contribution in [0.25, 0.3) is 0 Å². The second kappa shape index (κ2) is 10.5. The molecule has 0 aliphatic carbocycles. The molecule has 2 heterocycles. The fourth-order valence-corrected chi connectivity index (χ4v) is 4.34. The van der Waals surface area contributed by atoms with Gasteiger partial charge in [0.25, 0.3) is 5.91 Å². The van der Waals surface area contributed by atoms with Gasteiger partial charge >= 0.3 is 6.09 Å². The normalized spacial score (nSPS) is 15.0. The molecular formula is C25H24F2N4O5. The molecule has 0 bridgehead atoms. The molecule has 36 heavy (non-hydrogen) atoms. The van der Waals surface area contributed by atoms with Gasteiger partial charge in [-0.05, 0) is 42.3 Å². The number of ether oxygens (including phenoxy) is 2. The zero-order valence-corrected chi connectivity index (χ0v) is 19.6. The van der Waals surface area contributed by atoms with Gasteiger partial charge in [-0.15, -0.1) is 0 Å². The second-order valence-electron chi connectivity index (χ2n) is 8.07. The van der Waals surface area contributed by atoms with Gasteiger partial charge in [0.1, 0.15) is 11.6 Å². The van der Waals surface area contributed by atoms with Crippen LogP contribution in [0.5, 0.6) is 5.75 Å². The third-order valence-corrected chi connectivity index (χ3v) is 5.96. The SMILES string of the molecule is CCN1CC(C(c2cccc(F)c2)c2cccc(F)c2)n2ncc(=O)c(OCOC(=O)NC)c2C1=O. The van der Waals surface area contributed by atoms with Gasteiger partial charge in [-0.25, -0.2) is 13.6 Å². The predicted molar refractivity (Wildman–Crippen MR) is 125 cm³/mol. The zero-order chi connectivity index (χ0) is 25.8. The Morgan fingerprint density at radius 2 is 1.78 bits per heavy atom. The van der Waals surface area contributed by atoms with Crippen molar-refractivity contribution in [2.45, 2.75) is 18.9 Å². The Kier molecular flexibility index (Phi) is 7.28. The number of benzene rings is 2. The van der Waals surface area contributed by atoms with Crippen molar-refractivity contribution in [2.24, 2.45) is 0 Å². The van der Waals surface area contributed by atoms with Crippen molar-refractivity contribution in [2.75, 3.05) is 26.9 Å². The first-order valence-electron chi connectivity index (χ1n) is 11.2. The molecule has 4 rings (SSSR count). The number of likely N-dealkylation sites (N-methyl/N-ethyl adjacent to an activating group) is 1. The Morgan fingerprint density at radius 1 is 1.14 bits per heavy atom. The minimum Gasteiger partial charge on any atom is -0.451 e. The summed E-state index contributed by atoms with van der Waals surface area (Å²) in [7, 11) is 1.36. The van der Waals surface area contributed by atoms with Crippen molar-refractivity contribution in [3.05, 3.63) is 93.4 Å². The maximum Gasteiger partial charge on any atom is 0.409 e. The number of nitrogens with one attached hydrogen (secondary N) is 1. The number of aromatic nitrogens is 2. The monoisotopic (exact) mass is 498 g/mol. The third-order valence-electron chi connectivity index (χ3n) is 5.96. The Morgan fingerprint density at radius 3 is 2.33 bits per heavy atom. The summed E-state index contributed by atoms with van der Waals surface area (Å²) in [5.74, 6) is -2.43. The molecule has 0 saturated carbocycles. The van der Waals surface area contributed by atoms with E-state index in [2.05, 4.69) is 10.4 Å². The van der Waals surface area contributed by atoms with E-state index in [1.165, 1.54) is 40.9 Å². The fourth-order valence-electron chi connectivity index (χ4n) is 4.34. The summed E-state index contributed by atoms with van der Waals surface area (Å²) in [4.78, 5) is 38.9. The maximum absolute atomic E-state index is 14.3. The lowest BCUT2D eigenvalue weighted by Crippen LogP contribution is -2.47. The van der Waals surface area contributed by atoms with E-state index in [0.717, 1.165) is 6.20 Å². The molecule has 0 saturated heterocycles. The quantitative estimate of drug-likeness (QED) is 0.503. The van der Waals surface area contributed by atoms with Crippen LogP contribution >= 0.6 is 0 Å². The smallest absolute Gasteiger partial charge is 0.409 e. The van der Waals surface area contributed by atoms with Crippen molar-refractivity contribution < 1.29 is 27.8 Å². The lowest BCUT2D eigenvalue weighted by molar-refractivity contribution is 0.0521. The molecule has 1 aliphatic rings. The lowest BCUT2D eigenvalue weighted by atomic mass is 9.83. The predicted octanol–water partition coefficient (Wildman–Crippen LogP) is 3.06. The van der Waals surface area contributed by atoms with Crippen molar-refractivity contribution in [1.82, 2.24) is 20.0 Å². The van der Waals surface area contributed by atoms with E-state index in [-0.39, 0.29) is 18.0 Å². The molecule has 1 aromatic heterocycles. The van der Waals surface area contributed by atoms with E-state index in [1.54, 1.807) is 31.2 Å². The van der Waals surface area contributed by atoms with Gasteiger partial charge in [-0.3, -0.25) is 14.3 Å². The summed E-state index contributed by atoms with van der Waals surface area (Å²) in [6, 6.07) is 11.2. The van der Waals surface area contributed by atoms with Crippen LogP contribution < -0.4 is 15.5 Å². The first-order chi connectivity index (χ1) is 17.3. The Balaban J connectivity index is 1.88. The second-order valence-corrected chi connectivity index (χ2v) is 8.07. The largest absolute Gasteiger partial charge is 0.451 e. The van der Waals surface area contributed by atoms with Gasteiger partial charge in [-0.1, -0.05) is 24.3 Å². The number of carbonyl (C=O) groups excluding carboxylic acids is 2. The molecule has 0 fully saturated rings. The summed E-state index contributed by atoms with van der Waals surface area (Å²) in [6.45, 7) is 1.61. The molecule has 0 spiro atoms. The molecule has 1 aliphatic heterocycles. The van der Waals surface area contributed by atoms with E-state index >= 15 is 0 Å². The molecule has 11 heteroatoms. The van der Waals surface area contributed by atoms with Gasteiger partial charge in [0, 0.05) is 26.1 Å². The highest BCUT2D eigenvalue weighted by Gasteiger charge is 2.39. The van der Waals surface area contributed by atoms with Gasteiger partial charge in [0.15, 0.2) is 5.69 Å². The number of fused-ring (bicyclic) bond motifs is 1. The van der Waals surface area contributed by atoms with Crippen LogP contribution in [0.15, 0.2) is 59.5 Å². The van der Waals surface area contributed by atoms with Gasteiger partial charge in [0.2, 0.25) is 18.0 Å². The van der Waals surface area contributed by atoms with Crippen molar-refractivity contribution in [1.29, 1.82) is 0 Å². The molecule has 0 radical (unpaired) electrons. The van der Waals surface area contributed by atoms with E-state index in [0.29, 0.717) is 17.7 Å². The number of nitrogens with zero attached hydrogens (tertiary/aromatic N) is 3. The summed E-state index contributed by atoms with van der Waals surface area (Å²) in [5.41, 5.74) is 0.250. The van der Waals surface area contributed by atoms with Gasteiger partial charge < -0.3 is 19.7 Å². The average molecular weight is 498 g/mol. The number of alkyl carbamates (subject to hydrolysis) is 1. The Bertz CT molecular complexity index is 1300. The lowest BCUT2D eigenvalue weighted by Gasteiger charge is -2.39. The van der Waals surface area contributed by atoms with E-state index < -0.39 is 47.8 Å². The average Bonchev–Trinajstić information content (AvgIpc) is 2.86.